The Balaban J connectivity index is 1.45. The normalized spacial score (nSPS) is 26.0. The summed E-state index contributed by atoms with van der Waals surface area (Å²) >= 11 is 1.64. The van der Waals surface area contributed by atoms with Crippen molar-refractivity contribution in [2.75, 3.05) is 6.26 Å². The standard InChI is InChI=1S/C27H26F6N2OS/c1-37-20-12-23(34-14-20)21-13-25(17-5-3-2-4-6-17)24(8-7-22(21)35-25)36-15-16-9-18(26(28,29)30)11-19(10-16)27(31,32)33/h2-6,9-12,14,21-22,24,34-35H,7-8,13,15H2,1H3. The molecular weight excluding hydrogens is 514 g/mol. The average molecular weight is 541 g/mol. The van der Waals surface area contributed by atoms with E-state index in [1.807, 2.05) is 42.8 Å². The highest BCUT2D eigenvalue weighted by Crippen LogP contribution is 2.51. The number of aromatic amines is 1. The molecule has 0 aliphatic carbocycles. The zero-order valence-electron chi connectivity index (χ0n) is 19.9. The number of hydrogen-bond acceptors (Lipinski definition) is 3. The first-order valence-electron chi connectivity index (χ1n) is 11.9. The van der Waals surface area contributed by atoms with Gasteiger partial charge in [-0.25, -0.2) is 0 Å². The van der Waals surface area contributed by atoms with E-state index in [0.717, 1.165) is 34.7 Å². The van der Waals surface area contributed by atoms with Gasteiger partial charge in [0.2, 0.25) is 0 Å². The molecule has 2 aliphatic rings. The summed E-state index contributed by atoms with van der Waals surface area (Å²) in [4.78, 5) is 4.51. The lowest BCUT2D eigenvalue weighted by Crippen LogP contribution is -2.54. The van der Waals surface area contributed by atoms with Crippen molar-refractivity contribution in [1.82, 2.24) is 10.3 Å². The molecule has 2 bridgehead atoms. The van der Waals surface area contributed by atoms with E-state index in [1.54, 1.807) is 11.8 Å². The fourth-order valence-corrected chi connectivity index (χ4v) is 6.17. The molecule has 0 saturated carbocycles. The van der Waals surface area contributed by atoms with Crippen molar-refractivity contribution in [2.24, 2.45) is 0 Å². The Labute approximate surface area is 215 Å². The third-order valence-corrected chi connectivity index (χ3v) is 8.17. The van der Waals surface area contributed by atoms with Crippen molar-refractivity contribution in [3.05, 3.63) is 88.7 Å². The lowest BCUT2D eigenvalue weighted by atomic mass is 9.79. The van der Waals surface area contributed by atoms with E-state index in [-0.39, 0.29) is 30.2 Å². The number of halogens is 6. The summed E-state index contributed by atoms with van der Waals surface area (Å²) in [6.07, 6.45) is -4.16. The number of piperidine rings is 1. The van der Waals surface area contributed by atoms with Gasteiger partial charge in [0.15, 0.2) is 0 Å². The van der Waals surface area contributed by atoms with E-state index in [4.69, 9.17) is 4.74 Å². The van der Waals surface area contributed by atoms with Crippen molar-refractivity contribution in [3.63, 3.8) is 0 Å². The van der Waals surface area contributed by atoms with Crippen LogP contribution in [0.2, 0.25) is 0 Å². The molecule has 37 heavy (non-hydrogen) atoms. The molecule has 3 aromatic rings. The Morgan fingerprint density at radius 1 is 0.946 bits per heavy atom. The highest BCUT2D eigenvalue weighted by Gasteiger charge is 2.55. The van der Waals surface area contributed by atoms with Gasteiger partial charge in [-0.1, -0.05) is 30.3 Å². The summed E-state index contributed by atoms with van der Waals surface area (Å²) in [5.74, 6) is 0.167. The van der Waals surface area contributed by atoms with E-state index in [0.29, 0.717) is 12.8 Å². The molecule has 10 heteroatoms. The van der Waals surface area contributed by atoms with Crippen LogP contribution in [0.5, 0.6) is 0 Å². The number of rotatable bonds is 6. The first-order valence-corrected chi connectivity index (χ1v) is 13.2. The average Bonchev–Trinajstić information content (AvgIpc) is 3.46. The number of aromatic nitrogens is 1. The molecule has 5 rings (SSSR count). The van der Waals surface area contributed by atoms with Crippen molar-refractivity contribution in [1.29, 1.82) is 0 Å². The van der Waals surface area contributed by atoms with E-state index < -0.39 is 35.1 Å². The number of alkyl halides is 6. The van der Waals surface area contributed by atoms with Gasteiger partial charge in [0.25, 0.3) is 0 Å². The third-order valence-electron chi connectivity index (χ3n) is 7.46. The van der Waals surface area contributed by atoms with Crippen LogP contribution in [-0.2, 0) is 29.2 Å². The van der Waals surface area contributed by atoms with Crippen molar-refractivity contribution in [2.45, 2.75) is 66.7 Å². The number of ether oxygens (including phenoxy) is 1. The lowest BCUT2D eigenvalue weighted by Gasteiger charge is -2.42. The monoisotopic (exact) mass is 540 g/mol. The first kappa shape index (κ1) is 26.2. The Bertz CT molecular complexity index is 1210. The number of nitrogens with one attached hydrogen (secondary N) is 2. The molecular formula is C27H26F6N2OS. The summed E-state index contributed by atoms with van der Waals surface area (Å²) in [5, 5.41) is 3.74. The molecule has 2 fully saturated rings. The first-order chi connectivity index (χ1) is 17.5. The van der Waals surface area contributed by atoms with Crippen molar-refractivity contribution in [3.8, 4) is 0 Å². The minimum Gasteiger partial charge on any atom is -0.371 e. The topological polar surface area (TPSA) is 37.0 Å². The third kappa shape index (κ3) is 5.15. The van der Waals surface area contributed by atoms with Crippen LogP contribution >= 0.6 is 11.8 Å². The Morgan fingerprint density at radius 3 is 2.22 bits per heavy atom. The predicted octanol–water partition coefficient (Wildman–Crippen LogP) is 7.49. The maximum Gasteiger partial charge on any atom is 0.416 e. The number of thioether (sulfide) groups is 1. The molecule has 2 N–H and O–H groups in total. The minimum absolute atomic E-state index is 0.141. The zero-order valence-corrected chi connectivity index (χ0v) is 20.7. The van der Waals surface area contributed by atoms with Gasteiger partial charge in [-0.05, 0) is 60.9 Å². The van der Waals surface area contributed by atoms with Gasteiger partial charge in [-0.3, -0.25) is 0 Å². The quantitative estimate of drug-likeness (QED) is 0.251. The molecule has 1 aromatic heterocycles. The molecule has 0 amide bonds. The van der Waals surface area contributed by atoms with E-state index in [1.165, 1.54) is 0 Å². The minimum atomic E-state index is -4.90. The molecule has 4 atom stereocenters. The Hall–Kier alpha value is -2.43. The van der Waals surface area contributed by atoms with Gasteiger partial charge in [-0.15, -0.1) is 11.8 Å². The number of fused-ring (bicyclic) bond motifs is 2. The molecule has 3 nitrogen and oxygen atoms in total. The van der Waals surface area contributed by atoms with Gasteiger partial charge < -0.3 is 15.0 Å². The Kier molecular flexibility index (Phi) is 6.87. The molecule has 0 spiro atoms. The zero-order chi connectivity index (χ0) is 26.4. The summed E-state index contributed by atoms with van der Waals surface area (Å²) in [5.41, 5.74) is -1.35. The second-order valence-corrected chi connectivity index (χ2v) is 10.6. The number of hydrogen-bond donors (Lipinski definition) is 2. The molecule has 3 heterocycles. The van der Waals surface area contributed by atoms with Gasteiger partial charge in [0.05, 0.1) is 29.4 Å². The van der Waals surface area contributed by atoms with Crippen LogP contribution in [0.15, 0.2) is 65.7 Å². The van der Waals surface area contributed by atoms with E-state index >= 15 is 0 Å². The second-order valence-electron chi connectivity index (χ2n) is 9.68. The van der Waals surface area contributed by atoms with Gasteiger partial charge in [-0.2, -0.15) is 26.3 Å². The van der Waals surface area contributed by atoms with Crippen LogP contribution in [0.1, 0.15) is 53.1 Å². The summed E-state index contributed by atoms with van der Waals surface area (Å²) in [6, 6.07) is 13.6. The Morgan fingerprint density at radius 2 is 1.62 bits per heavy atom. The highest BCUT2D eigenvalue weighted by molar-refractivity contribution is 7.98. The molecule has 0 radical (unpaired) electrons. The van der Waals surface area contributed by atoms with Crippen LogP contribution < -0.4 is 5.32 Å². The molecule has 2 saturated heterocycles. The molecule has 198 valence electrons. The maximum atomic E-state index is 13.3. The fourth-order valence-electron chi connectivity index (χ4n) is 5.75. The van der Waals surface area contributed by atoms with Crippen LogP contribution in [0.25, 0.3) is 0 Å². The molecule has 2 aromatic carbocycles. The van der Waals surface area contributed by atoms with Gasteiger partial charge in [0.1, 0.15) is 0 Å². The van der Waals surface area contributed by atoms with Crippen LogP contribution in [0, 0.1) is 0 Å². The summed E-state index contributed by atoms with van der Waals surface area (Å²) in [7, 11) is 0. The van der Waals surface area contributed by atoms with Crippen molar-refractivity contribution >= 4 is 11.8 Å². The fraction of sp³-hybridized carbons (Fsp3) is 0.407. The largest absolute Gasteiger partial charge is 0.416 e. The summed E-state index contributed by atoms with van der Waals surface area (Å²) in [6.45, 7) is -0.359. The van der Waals surface area contributed by atoms with Crippen LogP contribution in [0.3, 0.4) is 0 Å². The number of H-pyrrole nitrogens is 1. The van der Waals surface area contributed by atoms with Crippen LogP contribution in [-0.4, -0.2) is 23.4 Å². The molecule has 2 aliphatic heterocycles. The van der Waals surface area contributed by atoms with E-state index in [9.17, 15) is 26.3 Å². The van der Waals surface area contributed by atoms with Crippen molar-refractivity contribution < 1.29 is 31.1 Å². The summed E-state index contributed by atoms with van der Waals surface area (Å²) < 4.78 is 86.3. The van der Waals surface area contributed by atoms with Gasteiger partial charge >= 0.3 is 12.4 Å². The maximum absolute atomic E-state index is 13.3. The SMILES string of the molecule is CSc1c[nH]c(C2CC3(c4ccccc4)NC2CCC3OCc2cc(C(F)(F)F)cc(C(F)(F)F)c2)c1. The lowest BCUT2D eigenvalue weighted by molar-refractivity contribution is -0.143. The highest BCUT2D eigenvalue weighted by atomic mass is 32.2. The second kappa shape index (κ2) is 9.71. The number of benzene rings is 2. The van der Waals surface area contributed by atoms with E-state index in [2.05, 4.69) is 16.4 Å². The molecule has 4 unspecified atom stereocenters. The predicted molar refractivity (Wildman–Crippen MR) is 129 cm³/mol. The smallest absolute Gasteiger partial charge is 0.371 e. The van der Waals surface area contributed by atoms with Crippen LogP contribution in [0.4, 0.5) is 26.3 Å². The van der Waals surface area contributed by atoms with Gasteiger partial charge in [0, 0.05) is 28.7 Å².